The first kappa shape index (κ1) is 21.8. The Bertz CT molecular complexity index is 1210. The van der Waals surface area contributed by atoms with Crippen molar-refractivity contribution >= 4 is 33.3 Å². The van der Waals surface area contributed by atoms with E-state index in [1.165, 1.54) is 11.3 Å². The third-order valence-corrected chi connectivity index (χ3v) is 5.97. The minimum Gasteiger partial charge on any atom is -0.497 e. The van der Waals surface area contributed by atoms with E-state index in [4.69, 9.17) is 9.47 Å². The Morgan fingerprint density at radius 1 is 1.09 bits per heavy atom. The highest BCUT2D eigenvalue weighted by molar-refractivity contribution is 7.20. The first-order chi connectivity index (χ1) is 15.6. The van der Waals surface area contributed by atoms with Crippen LogP contribution in [0.25, 0.3) is 15.3 Å². The summed E-state index contributed by atoms with van der Waals surface area (Å²) < 4.78 is 13.7. The summed E-state index contributed by atoms with van der Waals surface area (Å²) in [4.78, 5) is 17.5. The number of aryl methyl sites for hydroxylation is 1. The highest BCUT2D eigenvalue weighted by Gasteiger charge is 2.16. The summed E-state index contributed by atoms with van der Waals surface area (Å²) in [6, 6.07) is 14.7. The van der Waals surface area contributed by atoms with Crippen LogP contribution in [0.2, 0.25) is 0 Å². The van der Waals surface area contributed by atoms with Gasteiger partial charge in [-0.25, -0.2) is 4.98 Å². The standard InChI is InChI=1S/C24H26N4O3S/c1-4-5-6-13-31-18-9-7-17(8-10-18)23(29)26-22-14-16(2)27-28(22)24-25-20-12-11-19(30-3)15-21(20)32-24/h7-12,14-15H,4-6,13H2,1-3H3,(H,26,29). The minimum atomic E-state index is -0.216. The highest BCUT2D eigenvalue weighted by Crippen LogP contribution is 2.30. The molecule has 1 N–H and O–H groups in total. The summed E-state index contributed by atoms with van der Waals surface area (Å²) in [5.74, 6) is 1.89. The molecule has 1 amide bonds. The van der Waals surface area contributed by atoms with Crippen LogP contribution in [0.1, 0.15) is 42.2 Å². The lowest BCUT2D eigenvalue weighted by atomic mass is 10.2. The predicted molar refractivity (Wildman–Crippen MR) is 127 cm³/mol. The maximum absolute atomic E-state index is 12.8. The van der Waals surface area contributed by atoms with Gasteiger partial charge in [-0.3, -0.25) is 4.79 Å². The van der Waals surface area contributed by atoms with Crippen molar-refractivity contribution in [1.82, 2.24) is 14.8 Å². The number of nitrogens with one attached hydrogen (secondary N) is 1. The molecule has 0 radical (unpaired) electrons. The van der Waals surface area contributed by atoms with Gasteiger partial charge in [0.25, 0.3) is 5.91 Å². The Morgan fingerprint density at radius 3 is 2.62 bits per heavy atom. The summed E-state index contributed by atoms with van der Waals surface area (Å²) in [6.45, 7) is 4.73. The van der Waals surface area contributed by atoms with Crippen LogP contribution < -0.4 is 14.8 Å². The van der Waals surface area contributed by atoms with E-state index in [0.29, 0.717) is 23.1 Å². The summed E-state index contributed by atoms with van der Waals surface area (Å²) in [7, 11) is 1.64. The van der Waals surface area contributed by atoms with E-state index in [9.17, 15) is 4.79 Å². The van der Waals surface area contributed by atoms with Crippen LogP contribution in [0.4, 0.5) is 5.82 Å². The minimum absolute atomic E-state index is 0.216. The molecule has 2 aromatic carbocycles. The molecule has 0 aliphatic rings. The van der Waals surface area contributed by atoms with E-state index >= 15 is 0 Å². The molecule has 4 aromatic rings. The number of fused-ring (bicyclic) bond motifs is 1. The van der Waals surface area contributed by atoms with Gasteiger partial charge in [-0.05, 0) is 55.8 Å². The Kier molecular flexibility index (Phi) is 6.70. The maximum atomic E-state index is 12.8. The summed E-state index contributed by atoms with van der Waals surface area (Å²) in [5.41, 5.74) is 2.18. The lowest BCUT2D eigenvalue weighted by Gasteiger charge is -2.08. The fourth-order valence-corrected chi connectivity index (χ4v) is 4.24. The van der Waals surface area contributed by atoms with Gasteiger partial charge >= 0.3 is 0 Å². The molecule has 4 rings (SSSR count). The van der Waals surface area contributed by atoms with Gasteiger partial charge in [0.05, 0.1) is 29.6 Å². The number of benzene rings is 2. The Balaban J connectivity index is 1.50. The van der Waals surface area contributed by atoms with Crippen molar-refractivity contribution in [2.24, 2.45) is 0 Å². The van der Waals surface area contributed by atoms with Crippen molar-refractivity contribution in [3.05, 3.63) is 59.8 Å². The van der Waals surface area contributed by atoms with Crippen LogP contribution in [0.5, 0.6) is 11.5 Å². The van der Waals surface area contributed by atoms with Crippen LogP contribution in [-0.2, 0) is 0 Å². The van der Waals surface area contributed by atoms with E-state index in [-0.39, 0.29) is 5.91 Å². The molecule has 0 saturated carbocycles. The van der Waals surface area contributed by atoms with Crippen LogP contribution in [-0.4, -0.2) is 34.4 Å². The Morgan fingerprint density at radius 2 is 1.88 bits per heavy atom. The number of hydrogen-bond acceptors (Lipinski definition) is 6. The molecule has 32 heavy (non-hydrogen) atoms. The third kappa shape index (κ3) is 4.91. The van der Waals surface area contributed by atoms with Gasteiger partial charge in [-0.15, -0.1) is 0 Å². The number of anilines is 1. The van der Waals surface area contributed by atoms with Gasteiger partial charge in [0.1, 0.15) is 17.3 Å². The summed E-state index contributed by atoms with van der Waals surface area (Å²) >= 11 is 1.48. The van der Waals surface area contributed by atoms with Gasteiger partial charge < -0.3 is 14.8 Å². The normalized spacial score (nSPS) is 11.0. The molecule has 0 bridgehead atoms. The Labute approximate surface area is 191 Å². The van der Waals surface area contributed by atoms with Crippen LogP contribution in [0, 0.1) is 6.92 Å². The second-order valence-corrected chi connectivity index (χ2v) is 8.46. The number of unbranched alkanes of at least 4 members (excludes halogenated alkanes) is 2. The van der Waals surface area contributed by atoms with Gasteiger partial charge in [0.15, 0.2) is 0 Å². The second kappa shape index (κ2) is 9.82. The molecular weight excluding hydrogens is 424 g/mol. The number of thiazole rings is 1. The molecule has 8 heteroatoms. The topological polar surface area (TPSA) is 78.3 Å². The number of amides is 1. The number of nitrogens with zero attached hydrogens (tertiary/aromatic N) is 3. The first-order valence-corrected chi connectivity index (χ1v) is 11.4. The number of carbonyl (C=O) groups excluding carboxylic acids is 1. The molecule has 0 spiro atoms. The number of aromatic nitrogens is 3. The van der Waals surface area contributed by atoms with Crippen LogP contribution in [0.15, 0.2) is 48.5 Å². The molecule has 2 heterocycles. The van der Waals surface area contributed by atoms with E-state index < -0.39 is 0 Å². The number of rotatable bonds is 9. The largest absolute Gasteiger partial charge is 0.497 e. The molecule has 0 atom stereocenters. The Hall–Kier alpha value is -3.39. The van der Waals surface area contributed by atoms with Crippen molar-refractivity contribution in [3.8, 4) is 16.6 Å². The molecule has 0 fully saturated rings. The zero-order chi connectivity index (χ0) is 22.5. The number of ether oxygens (including phenoxy) is 2. The quantitative estimate of drug-likeness (QED) is 0.335. The van der Waals surface area contributed by atoms with Crippen molar-refractivity contribution in [2.75, 3.05) is 19.0 Å². The second-order valence-electron chi connectivity index (χ2n) is 7.45. The van der Waals surface area contributed by atoms with E-state index in [0.717, 1.165) is 46.7 Å². The van der Waals surface area contributed by atoms with Gasteiger partial charge in [0.2, 0.25) is 5.13 Å². The summed E-state index contributed by atoms with van der Waals surface area (Å²) in [5, 5.41) is 8.16. The van der Waals surface area contributed by atoms with Crippen LogP contribution >= 0.6 is 11.3 Å². The molecule has 7 nitrogen and oxygen atoms in total. The number of hydrogen-bond donors (Lipinski definition) is 1. The highest BCUT2D eigenvalue weighted by atomic mass is 32.1. The van der Waals surface area contributed by atoms with Crippen molar-refractivity contribution in [2.45, 2.75) is 33.1 Å². The smallest absolute Gasteiger partial charge is 0.256 e. The van der Waals surface area contributed by atoms with Gasteiger partial charge in [-0.2, -0.15) is 9.78 Å². The SMILES string of the molecule is CCCCCOc1ccc(C(=O)Nc2cc(C)nn2-c2nc3ccc(OC)cc3s2)cc1. The fourth-order valence-electron chi connectivity index (χ4n) is 3.28. The predicted octanol–water partition coefficient (Wildman–Crippen LogP) is 5.62. The first-order valence-electron chi connectivity index (χ1n) is 10.6. The van der Waals surface area contributed by atoms with Crippen molar-refractivity contribution in [3.63, 3.8) is 0 Å². The molecule has 0 aliphatic heterocycles. The zero-order valence-corrected chi connectivity index (χ0v) is 19.2. The van der Waals surface area contributed by atoms with Gasteiger partial charge in [0, 0.05) is 11.6 Å². The molecule has 2 aromatic heterocycles. The molecule has 0 saturated heterocycles. The molecular formula is C24H26N4O3S. The summed E-state index contributed by atoms with van der Waals surface area (Å²) in [6.07, 6.45) is 3.33. The average molecular weight is 451 g/mol. The fraction of sp³-hybridized carbons (Fsp3) is 0.292. The molecule has 0 aliphatic carbocycles. The number of carbonyl (C=O) groups is 1. The molecule has 0 unspecified atom stereocenters. The van der Waals surface area contributed by atoms with Gasteiger partial charge in [-0.1, -0.05) is 31.1 Å². The van der Waals surface area contributed by atoms with Crippen LogP contribution in [0.3, 0.4) is 0 Å². The third-order valence-electron chi connectivity index (χ3n) is 4.97. The lowest BCUT2D eigenvalue weighted by molar-refractivity contribution is 0.102. The maximum Gasteiger partial charge on any atom is 0.256 e. The lowest BCUT2D eigenvalue weighted by Crippen LogP contribution is -2.15. The van der Waals surface area contributed by atoms with Crippen molar-refractivity contribution in [1.29, 1.82) is 0 Å². The van der Waals surface area contributed by atoms with E-state index in [1.807, 2.05) is 43.3 Å². The monoisotopic (exact) mass is 450 g/mol. The zero-order valence-electron chi connectivity index (χ0n) is 18.4. The number of methoxy groups -OCH3 is 1. The van der Waals surface area contributed by atoms with Crippen molar-refractivity contribution < 1.29 is 14.3 Å². The average Bonchev–Trinajstić information content (AvgIpc) is 3.39. The molecule has 166 valence electrons. The van der Waals surface area contributed by atoms with E-state index in [2.05, 4.69) is 22.3 Å². The van der Waals surface area contributed by atoms with E-state index in [1.54, 1.807) is 23.9 Å².